The van der Waals surface area contributed by atoms with Gasteiger partial charge in [0.2, 0.25) is 0 Å². The molecule has 0 aliphatic carbocycles. The Morgan fingerprint density at radius 3 is 2.52 bits per heavy atom. The molecular formula is C19H20ClIN2O2. The van der Waals surface area contributed by atoms with Crippen molar-refractivity contribution >= 4 is 45.8 Å². The SMILES string of the molecule is COc1ccc(N2CCCN(C(=O)c3ccc(Cl)cc3I)CC2)cc1. The highest BCUT2D eigenvalue weighted by molar-refractivity contribution is 14.1. The molecule has 0 saturated carbocycles. The molecule has 0 bridgehead atoms. The van der Waals surface area contributed by atoms with Crippen molar-refractivity contribution < 1.29 is 9.53 Å². The zero-order valence-electron chi connectivity index (χ0n) is 14.0. The molecule has 2 aromatic rings. The molecule has 1 aliphatic heterocycles. The maximum atomic E-state index is 12.9. The van der Waals surface area contributed by atoms with Crippen LogP contribution in [0.4, 0.5) is 5.69 Å². The molecule has 0 unspecified atom stereocenters. The van der Waals surface area contributed by atoms with E-state index in [4.69, 9.17) is 16.3 Å². The van der Waals surface area contributed by atoms with Gasteiger partial charge in [-0.2, -0.15) is 0 Å². The first-order valence-corrected chi connectivity index (χ1v) is 9.67. The van der Waals surface area contributed by atoms with Gasteiger partial charge in [-0.15, -0.1) is 0 Å². The molecule has 2 aromatic carbocycles. The molecule has 0 atom stereocenters. The van der Waals surface area contributed by atoms with Crippen LogP contribution in [0.1, 0.15) is 16.8 Å². The Balaban J connectivity index is 1.69. The summed E-state index contributed by atoms with van der Waals surface area (Å²) in [6.07, 6.45) is 0.946. The van der Waals surface area contributed by atoms with Gasteiger partial charge in [0.1, 0.15) is 5.75 Å². The van der Waals surface area contributed by atoms with Crippen LogP contribution < -0.4 is 9.64 Å². The van der Waals surface area contributed by atoms with Gasteiger partial charge in [0.15, 0.2) is 0 Å². The molecule has 0 aromatic heterocycles. The minimum absolute atomic E-state index is 0.0812. The molecule has 3 rings (SSSR count). The number of halogens is 2. The van der Waals surface area contributed by atoms with E-state index in [1.165, 1.54) is 0 Å². The van der Waals surface area contributed by atoms with Gasteiger partial charge in [0, 0.05) is 40.5 Å². The fraction of sp³-hybridized carbons (Fsp3) is 0.316. The minimum atomic E-state index is 0.0812. The fourth-order valence-electron chi connectivity index (χ4n) is 3.01. The number of carbonyl (C=O) groups is 1. The van der Waals surface area contributed by atoms with Crippen molar-refractivity contribution in [2.24, 2.45) is 0 Å². The van der Waals surface area contributed by atoms with Gasteiger partial charge in [0.25, 0.3) is 5.91 Å². The maximum Gasteiger partial charge on any atom is 0.254 e. The van der Waals surface area contributed by atoms with Gasteiger partial charge in [-0.25, -0.2) is 0 Å². The second-order valence-electron chi connectivity index (χ2n) is 5.95. The molecule has 1 fully saturated rings. The summed E-state index contributed by atoms with van der Waals surface area (Å²) >= 11 is 8.17. The summed E-state index contributed by atoms with van der Waals surface area (Å²) in [5, 5.41) is 0.655. The quantitative estimate of drug-likeness (QED) is 0.627. The number of hydrogen-bond acceptors (Lipinski definition) is 3. The molecular weight excluding hydrogens is 451 g/mol. The van der Waals surface area contributed by atoms with E-state index in [9.17, 15) is 4.79 Å². The Bertz CT molecular complexity index is 752. The highest BCUT2D eigenvalue weighted by Crippen LogP contribution is 2.23. The standard InChI is InChI=1S/C19H20ClIN2O2/c1-25-16-6-4-15(5-7-16)22-9-2-10-23(12-11-22)19(24)17-8-3-14(20)13-18(17)21/h3-8,13H,2,9-12H2,1H3. The first-order valence-electron chi connectivity index (χ1n) is 8.22. The van der Waals surface area contributed by atoms with Crippen molar-refractivity contribution in [3.63, 3.8) is 0 Å². The van der Waals surface area contributed by atoms with Crippen molar-refractivity contribution in [1.82, 2.24) is 4.90 Å². The van der Waals surface area contributed by atoms with Crippen LogP contribution >= 0.6 is 34.2 Å². The van der Waals surface area contributed by atoms with E-state index in [1.54, 1.807) is 13.2 Å². The monoisotopic (exact) mass is 470 g/mol. The van der Waals surface area contributed by atoms with Crippen molar-refractivity contribution in [1.29, 1.82) is 0 Å². The highest BCUT2D eigenvalue weighted by atomic mass is 127. The Hall–Kier alpha value is -1.47. The van der Waals surface area contributed by atoms with Gasteiger partial charge in [-0.3, -0.25) is 4.79 Å². The summed E-state index contributed by atoms with van der Waals surface area (Å²) in [7, 11) is 1.67. The molecule has 1 heterocycles. The Kier molecular flexibility index (Phi) is 6.06. The smallest absolute Gasteiger partial charge is 0.254 e. The van der Waals surface area contributed by atoms with Crippen LogP contribution in [0.3, 0.4) is 0 Å². The van der Waals surface area contributed by atoms with E-state index in [2.05, 4.69) is 39.6 Å². The zero-order valence-corrected chi connectivity index (χ0v) is 17.0. The van der Waals surface area contributed by atoms with Gasteiger partial charge >= 0.3 is 0 Å². The number of rotatable bonds is 3. The lowest BCUT2D eigenvalue weighted by Gasteiger charge is -2.24. The lowest BCUT2D eigenvalue weighted by molar-refractivity contribution is 0.0766. The molecule has 25 heavy (non-hydrogen) atoms. The minimum Gasteiger partial charge on any atom is -0.497 e. The summed E-state index contributed by atoms with van der Waals surface area (Å²) in [6, 6.07) is 13.5. The molecule has 0 N–H and O–H groups in total. The van der Waals surface area contributed by atoms with Crippen LogP contribution in [0.15, 0.2) is 42.5 Å². The summed E-state index contributed by atoms with van der Waals surface area (Å²) in [5.41, 5.74) is 1.89. The topological polar surface area (TPSA) is 32.8 Å². The van der Waals surface area contributed by atoms with Crippen LogP contribution in [0, 0.1) is 3.57 Å². The third kappa shape index (κ3) is 4.39. The van der Waals surface area contributed by atoms with E-state index in [0.717, 1.165) is 46.6 Å². The van der Waals surface area contributed by atoms with Crippen molar-refractivity contribution in [2.45, 2.75) is 6.42 Å². The number of ether oxygens (including phenoxy) is 1. The van der Waals surface area contributed by atoms with Crippen LogP contribution in [0.5, 0.6) is 5.75 Å². The van der Waals surface area contributed by atoms with Crippen molar-refractivity contribution in [3.05, 3.63) is 56.6 Å². The number of amides is 1. The van der Waals surface area contributed by atoms with Crippen molar-refractivity contribution in [2.75, 3.05) is 38.2 Å². The number of hydrogen-bond donors (Lipinski definition) is 0. The molecule has 1 aliphatic rings. The van der Waals surface area contributed by atoms with E-state index in [-0.39, 0.29) is 5.91 Å². The van der Waals surface area contributed by atoms with Gasteiger partial charge in [0.05, 0.1) is 12.7 Å². The van der Waals surface area contributed by atoms with Crippen LogP contribution in [-0.2, 0) is 0 Å². The molecule has 1 amide bonds. The molecule has 0 radical (unpaired) electrons. The average Bonchev–Trinajstić information content (AvgIpc) is 2.87. The predicted octanol–water partition coefficient (Wildman–Crippen LogP) is 4.31. The van der Waals surface area contributed by atoms with E-state index < -0.39 is 0 Å². The lowest BCUT2D eigenvalue weighted by Crippen LogP contribution is -2.35. The Labute approximate surface area is 166 Å². The van der Waals surface area contributed by atoms with Gasteiger partial charge < -0.3 is 14.5 Å². The van der Waals surface area contributed by atoms with Crippen molar-refractivity contribution in [3.8, 4) is 5.75 Å². The highest BCUT2D eigenvalue weighted by Gasteiger charge is 2.22. The van der Waals surface area contributed by atoms with Gasteiger partial charge in [-0.1, -0.05) is 11.6 Å². The Morgan fingerprint density at radius 1 is 1.08 bits per heavy atom. The summed E-state index contributed by atoms with van der Waals surface area (Å²) in [6.45, 7) is 3.24. The number of methoxy groups -OCH3 is 1. The number of anilines is 1. The second-order valence-corrected chi connectivity index (χ2v) is 7.55. The summed E-state index contributed by atoms with van der Waals surface area (Å²) < 4.78 is 6.11. The van der Waals surface area contributed by atoms with Crippen LogP contribution in [-0.4, -0.2) is 44.1 Å². The van der Waals surface area contributed by atoms with E-state index in [0.29, 0.717) is 11.6 Å². The van der Waals surface area contributed by atoms with E-state index >= 15 is 0 Å². The van der Waals surface area contributed by atoms with E-state index in [1.807, 2.05) is 29.2 Å². The zero-order chi connectivity index (χ0) is 17.8. The molecule has 6 heteroatoms. The number of nitrogens with zero attached hydrogens (tertiary/aromatic N) is 2. The van der Waals surface area contributed by atoms with Gasteiger partial charge in [-0.05, 0) is 71.5 Å². The third-order valence-corrected chi connectivity index (χ3v) is 5.51. The average molecular weight is 471 g/mol. The molecule has 0 spiro atoms. The molecule has 1 saturated heterocycles. The lowest BCUT2D eigenvalue weighted by atomic mass is 10.2. The first-order chi connectivity index (χ1) is 12.1. The summed E-state index contributed by atoms with van der Waals surface area (Å²) in [5.74, 6) is 0.935. The summed E-state index contributed by atoms with van der Waals surface area (Å²) in [4.78, 5) is 17.1. The van der Waals surface area contributed by atoms with Crippen LogP contribution in [0.25, 0.3) is 0 Å². The first kappa shape index (κ1) is 18.3. The second kappa shape index (κ2) is 8.27. The number of carbonyl (C=O) groups excluding carboxylic acids is 1. The fourth-order valence-corrected chi connectivity index (χ4v) is 4.11. The normalized spacial score (nSPS) is 15.0. The number of benzene rings is 2. The third-order valence-electron chi connectivity index (χ3n) is 4.38. The molecule has 132 valence electrons. The maximum absolute atomic E-state index is 12.9. The Morgan fingerprint density at radius 2 is 1.84 bits per heavy atom. The molecule has 4 nitrogen and oxygen atoms in total. The van der Waals surface area contributed by atoms with Crippen LogP contribution in [0.2, 0.25) is 5.02 Å². The predicted molar refractivity (Wildman–Crippen MR) is 110 cm³/mol. The largest absolute Gasteiger partial charge is 0.497 e.